The molecule has 0 aliphatic heterocycles. The minimum atomic E-state index is -4.71. The second-order valence-corrected chi connectivity index (χ2v) is 8.52. The lowest BCUT2D eigenvalue weighted by Gasteiger charge is -2.20. The molecule has 4 rings (SSSR count). The summed E-state index contributed by atoms with van der Waals surface area (Å²) < 4.78 is 39.7. The Morgan fingerprint density at radius 1 is 1.10 bits per heavy atom. The monoisotopic (exact) mass is 479 g/mol. The number of nitrogens with zero attached hydrogens (tertiary/aromatic N) is 2. The van der Waals surface area contributed by atoms with E-state index in [1.54, 1.807) is 6.07 Å². The van der Waals surface area contributed by atoms with Crippen LogP contribution in [0.5, 0.6) is 0 Å². The third-order valence-corrected chi connectivity index (χ3v) is 6.22. The highest BCUT2D eigenvalue weighted by atomic mass is 79.9. The summed E-state index contributed by atoms with van der Waals surface area (Å²) in [6.07, 6.45) is -4.15. The van der Waals surface area contributed by atoms with E-state index in [0.717, 1.165) is 34.6 Å². The first-order valence-electron chi connectivity index (χ1n) is 9.75. The summed E-state index contributed by atoms with van der Waals surface area (Å²) in [7, 11) is 0. The zero-order chi connectivity index (χ0) is 21.6. The highest BCUT2D eigenvalue weighted by Gasteiger charge is 2.39. The number of aliphatic hydroxyl groups is 1. The van der Waals surface area contributed by atoms with Gasteiger partial charge in [-0.25, -0.2) is 9.97 Å². The third kappa shape index (κ3) is 3.90. The summed E-state index contributed by atoms with van der Waals surface area (Å²) in [5.41, 5.74) is 3.89. The Morgan fingerprint density at radius 2 is 1.80 bits per heavy atom. The quantitative estimate of drug-likeness (QED) is 0.484. The van der Waals surface area contributed by atoms with Crippen LogP contribution < -0.4 is 5.32 Å². The fourth-order valence-electron chi connectivity index (χ4n) is 4.02. The lowest BCUT2D eigenvalue weighted by Crippen LogP contribution is -2.20. The fourth-order valence-corrected chi connectivity index (χ4v) is 4.68. The number of aliphatic hydroxyl groups excluding tert-OH is 1. The molecule has 0 amide bonds. The molecule has 158 valence electrons. The third-order valence-electron chi connectivity index (χ3n) is 5.51. The number of halogens is 4. The topological polar surface area (TPSA) is 58.0 Å². The van der Waals surface area contributed by atoms with E-state index in [-0.39, 0.29) is 11.6 Å². The van der Waals surface area contributed by atoms with Gasteiger partial charge >= 0.3 is 6.18 Å². The van der Waals surface area contributed by atoms with Crippen molar-refractivity contribution in [1.29, 1.82) is 0 Å². The van der Waals surface area contributed by atoms with Crippen LogP contribution in [0.15, 0.2) is 34.8 Å². The number of rotatable bonds is 4. The maximum absolute atomic E-state index is 12.9. The molecular formula is C22H21BrF3N3O. The van der Waals surface area contributed by atoms with Gasteiger partial charge in [-0.05, 0) is 61.4 Å². The molecule has 1 unspecified atom stereocenters. The van der Waals surface area contributed by atoms with Gasteiger partial charge in [-0.3, -0.25) is 0 Å². The van der Waals surface area contributed by atoms with Crippen LogP contribution in [-0.4, -0.2) is 21.3 Å². The van der Waals surface area contributed by atoms with Crippen molar-refractivity contribution in [3.63, 3.8) is 0 Å². The van der Waals surface area contributed by atoms with Crippen LogP contribution in [0.25, 0.3) is 10.9 Å². The Bertz CT molecular complexity index is 1120. The van der Waals surface area contributed by atoms with Gasteiger partial charge < -0.3 is 10.4 Å². The summed E-state index contributed by atoms with van der Waals surface area (Å²) in [5.74, 6) is 1.28. The lowest BCUT2D eigenvalue weighted by molar-refractivity contribution is -0.206. The second kappa shape index (κ2) is 7.81. The van der Waals surface area contributed by atoms with Crippen molar-refractivity contribution in [1.82, 2.24) is 9.97 Å². The Balaban J connectivity index is 1.71. The molecule has 1 aliphatic rings. The summed E-state index contributed by atoms with van der Waals surface area (Å²) in [6, 6.07) is 7.59. The maximum Gasteiger partial charge on any atom is 0.418 e. The van der Waals surface area contributed by atoms with E-state index < -0.39 is 12.3 Å². The number of benzene rings is 2. The Labute approximate surface area is 180 Å². The summed E-state index contributed by atoms with van der Waals surface area (Å²) in [4.78, 5) is 9.22. The molecule has 2 aromatic carbocycles. The van der Waals surface area contributed by atoms with E-state index >= 15 is 0 Å². The standard InChI is InChI=1S/C22H21BrF3N3O/c1-11(13-5-3-6-14(9-13)20(30)22(24,25)26)27-21-17-10-18(23)15-7-4-8-16(15)19(17)28-12(2)29-21/h3,5-6,9-11,20,30H,4,7-8H2,1-2H3,(H,27,28,29)/t11-,20?/m1/s1. The largest absolute Gasteiger partial charge is 0.418 e. The number of aromatic nitrogens is 2. The first-order valence-corrected chi connectivity index (χ1v) is 10.5. The highest BCUT2D eigenvalue weighted by Crippen LogP contribution is 2.38. The van der Waals surface area contributed by atoms with Gasteiger partial charge in [-0.1, -0.05) is 40.2 Å². The van der Waals surface area contributed by atoms with Crippen LogP contribution in [0.1, 0.15) is 53.6 Å². The maximum atomic E-state index is 12.9. The van der Waals surface area contributed by atoms with Crippen molar-refractivity contribution in [2.45, 2.75) is 51.4 Å². The number of fused-ring (bicyclic) bond motifs is 3. The zero-order valence-electron chi connectivity index (χ0n) is 16.5. The summed E-state index contributed by atoms with van der Waals surface area (Å²) >= 11 is 3.66. The van der Waals surface area contributed by atoms with E-state index in [0.29, 0.717) is 17.2 Å². The van der Waals surface area contributed by atoms with Gasteiger partial charge in [0, 0.05) is 15.9 Å². The molecule has 1 aliphatic carbocycles. The molecular weight excluding hydrogens is 459 g/mol. The fraction of sp³-hybridized carbons (Fsp3) is 0.364. The van der Waals surface area contributed by atoms with Gasteiger partial charge in [0.2, 0.25) is 0 Å². The van der Waals surface area contributed by atoms with Crippen LogP contribution in [0.3, 0.4) is 0 Å². The van der Waals surface area contributed by atoms with Gasteiger partial charge in [-0.2, -0.15) is 13.2 Å². The Kier molecular flexibility index (Phi) is 5.48. The SMILES string of the molecule is Cc1nc(N[C@H](C)c2cccc(C(O)C(F)(F)F)c2)c2cc(Br)c3c(c2n1)CCC3. The highest BCUT2D eigenvalue weighted by molar-refractivity contribution is 9.10. The minimum Gasteiger partial charge on any atom is -0.379 e. The van der Waals surface area contributed by atoms with Gasteiger partial charge in [-0.15, -0.1) is 0 Å². The molecule has 1 heterocycles. The lowest BCUT2D eigenvalue weighted by atomic mass is 10.0. The van der Waals surface area contributed by atoms with E-state index in [1.807, 2.05) is 19.9 Å². The average Bonchev–Trinajstić information content (AvgIpc) is 3.18. The van der Waals surface area contributed by atoms with Crippen molar-refractivity contribution in [3.8, 4) is 0 Å². The first kappa shape index (κ1) is 21.1. The summed E-state index contributed by atoms with van der Waals surface area (Å²) in [6.45, 7) is 3.68. The summed E-state index contributed by atoms with van der Waals surface area (Å²) in [5, 5.41) is 13.8. The average molecular weight is 480 g/mol. The number of nitrogens with one attached hydrogen (secondary N) is 1. The molecule has 4 nitrogen and oxygen atoms in total. The van der Waals surface area contributed by atoms with Crippen molar-refractivity contribution in [2.24, 2.45) is 0 Å². The molecule has 0 saturated carbocycles. The van der Waals surface area contributed by atoms with Crippen molar-refractivity contribution >= 4 is 32.7 Å². The van der Waals surface area contributed by atoms with Crippen molar-refractivity contribution < 1.29 is 18.3 Å². The van der Waals surface area contributed by atoms with Crippen LogP contribution in [-0.2, 0) is 12.8 Å². The number of hydrogen-bond donors (Lipinski definition) is 2. The van der Waals surface area contributed by atoms with Crippen LogP contribution in [0, 0.1) is 6.92 Å². The second-order valence-electron chi connectivity index (χ2n) is 7.66. The molecule has 0 spiro atoms. The van der Waals surface area contributed by atoms with E-state index in [4.69, 9.17) is 0 Å². The van der Waals surface area contributed by atoms with Crippen molar-refractivity contribution in [2.75, 3.05) is 5.32 Å². The van der Waals surface area contributed by atoms with Crippen LogP contribution in [0.2, 0.25) is 0 Å². The number of hydrogen-bond acceptors (Lipinski definition) is 4. The zero-order valence-corrected chi connectivity index (χ0v) is 18.1. The van der Waals surface area contributed by atoms with E-state index in [1.165, 1.54) is 29.3 Å². The number of alkyl halides is 3. The molecule has 2 N–H and O–H groups in total. The Hall–Kier alpha value is -2.19. The first-order chi connectivity index (χ1) is 14.1. The van der Waals surface area contributed by atoms with Gasteiger partial charge in [0.15, 0.2) is 6.10 Å². The molecule has 2 atom stereocenters. The molecule has 30 heavy (non-hydrogen) atoms. The molecule has 0 bridgehead atoms. The molecule has 0 radical (unpaired) electrons. The van der Waals surface area contributed by atoms with Gasteiger partial charge in [0.25, 0.3) is 0 Å². The molecule has 0 fully saturated rings. The molecule has 1 aromatic heterocycles. The molecule has 0 saturated heterocycles. The molecule has 8 heteroatoms. The van der Waals surface area contributed by atoms with Crippen molar-refractivity contribution in [3.05, 3.63) is 62.9 Å². The van der Waals surface area contributed by atoms with E-state index in [2.05, 4.69) is 31.2 Å². The van der Waals surface area contributed by atoms with Crippen LogP contribution in [0.4, 0.5) is 19.0 Å². The number of aryl methyl sites for hydroxylation is 2. The smallest absolute Gasteiger partial charge is 0.379 e. The number of anilines is 1. The predicted octanol–water partition coefficient (Wildman–Crippen LogP) is 5.96. The van der Waals surface area contributed by atoms with Crippen LogP contribution >= 0.6 is 15.9 Å². The Morgan fingerprint density at radius 3 is 2.53 bits per heavy atom. The van der Waals surface area contributed by atoms with Gasteiger partial charge in [0.1, 0.15) is 11.6 Å². The normalized spacial score (nSPS) is 15.8. The predicted molar refractivity (Wildman–Crippen MR) is 113 cm³/mol. The van der Waals surface area contributed by atoms with E-state index in [9.17, 15) is 18.3 Å². The molecule has 3 aromatic rings. The minimum absolute atomic E-state index is 0.182. The van der Waals surface area contributed by atoms with Gasteiger partial charge in [0.05, 0.1) is 5.52 Å².